The topological polar surface area (TPSA) is 54.6 Å². The molecule has 0 aliphatic rings. The van der Waals surface area contributed by atoms with Crippen molar-refractivity contribution in [2.24, 2.45) is 0 Å². The molecule has 0 fully saturated rings. The van der Waals surface area contributed by atoms with Gasteiger partial charge in [0, 0.05) is 6.20 Å². The van der Waals surface area contributed by atoms with Gasteiger partial charge in [0.1, 0.15) is 5.65 Å². The molecule has 0 spiro atoms. The number of pyridine rings is 1. The Bertz CT molecular complexity index is 529. The Balaban J connectivity index is 2.77. The van der Waals surface area contributed by atoms with Crippen LogP contribution in [0, 0.1) is 6.92 Å². The zero-order valence-corrected chi connectivity index (χ0v) is 8.69. The Morgan fingerprint density at radius 3 is 2.87 bits per heavy atom. The van der Waals surface area contributed by atoms with Crippen LogP contribution in [0.5, 0.6) is 0 Å². The number of carboxylic acids is 1. The summed E-state index contributed by atoms with van der Waals surface area (Å²) < 4.78 is 1.64. The van der Waals surface area contributed by atoms with Crippen molar-refractivity contribution in [3.63, 3.8) is 0 Å². The second-order valence-corrected chi connectivity index (χ2v) is 3.47. The summed E-state index contributed by atoms with van der Waals surface area (Å²) in [6, 6.07) is 3.81. The molecule has 78 valence electrons. The standard InChI is InChI=1S/C11H12N2O2/c1-3-8-4-5-9-12-7(2)10(11(14)15)13(9)6-8/h4-6H,3H2,1-2H3,(H,14,15). The van der Waals surface area contributed by atoms with Crippen molar-refractivity contribution in [2.75, 3.05) is 0 Å². The third-order valence-corrected chi connectivity index (χ3v) is 2.46. The molecule has 2 rings (SSSR count). The van der Waals surface area contributed by atoms with E-state index in [4.69, 9.17) is 5.11 Å². The van der Waals surface area contributed by atoms with Crippen molar-refractivity contribution in [3.05, 3.63) is 35.3 Å². The highest BCUT2D eigenvalue weighted by Crippen LogP contribution is 2.13. The minimum absolute atomic E-state index is 0.250. The molecule has 4 nitrogen and oxygen atoms in total. The van der Waals surface area contributed by atoms with Crippen LogP contribution in [-0.4, -0.2) is 20.5 Å². The number of carbonyl (C=O) groups is 1. The lowest BCUT2D eigenvalue weighted by Gasteiger charge is -2.00. The van der Waals surface area contributed by atoms with E-state index in [2.05, 4.69) is 4.98 Å². The first-order valence-electron chi connectivity index (χ1n) is 4.84. The number of rotatable bonds is 2. The Labute approximate surface area is 87.2 Å². The number of imidazole rings is 1. The lowest BCUT2D eigenvalue weighted by atomic mass is 10.2. The first-order valence-corrected chi connectivity index (χ1v) is 4.84. The van der Waals surface area contributed by atoms with Crippen LogP contribution in [0.25, 0.3) is 5.65 Å². The van der Waals surface area contributed by atoms with Crippen LogP contribution in [0.1, 0.15) is 28.7 Å². The molecule has 0 unspecified atom stereocenters. The first-order chi connectivity index (χ1) is 7.13. The van der Waals surface area contributed by atoms with Gasteiger partial charge >= 0.3 is 5.97 Å². The molecular weight excluding hydrogens is 192 g/mol. The van der Waals surface area contributed by atoms with Gasteiger partial charge in [0.05, 0.1) is 5.69 Å². The minimum Gasteiger partial charge on any atom is -0.477 e. The van der Waals surface area contributed by atoms with Gasteiger partial charge in [-0.15, -0.1) is 0 Å². The summed E-state index contributed by atoms with van der Waals surface area (Å²) in [6.45, 7) is 3.74. The van der Waals surface area contributed by atoms with Crippen LogP contribution in [0.2, 0.25) is 0 Å². The summed E-state index contributed by atoms with van der Waals surface area (Å²) in [4.78, 5) is 15.2. The van der Waals surface area contributed by atoms with E-state index in [1.807, 2.05) is 25.3 Å². The Morgan fingerprint density at radius 2 is 2.27 bits per heavy atom. The van der Waals surface area contributed by atoms with E-state index in [-0.39, 0.29) is 5.69 Å². The summed E-state index contributed by atoms with van der Waals surface area (Å²) in [5.41, 5.74) is 2.58. The van der Waals surface area contributed by atoms with Crippen molar-refractivity contribution in [2.45, 2.75) is 20.3 Å². The van der Waals surface area contributed by atoms with Gasteiger partial charge in [-0.05, 0) is 25.0 Å². The van der Waals surface area contributed by atoms with Gasteiger partial charge in [-0.3, -0.25) is 4.40 Å². The van der Waals surface area contributed by atoms with E-state index in [0.29, 0.717) is 11.3 Å². The van der Waals surface area contributed by atoms with Gasteiger partial charge in [0.15, 0.2) is 5.69 Å². The van der Waals surface area contributed by atoms with Crippen LogP contribution in [0.3, 0.4) is 0 Å². The van der Waals surface area contributed by atoms with Gasteiger partial charge in [0.25, 0.3) is 0 Å². The summed E-state index contributed by atoms with van der Waals surface area (Å²) in [5.74, 6) is -0.937. The molecule has 15 heavy (non-hydrogen) atoms. The SMILES string of the molecule is CCc1ccc2nc(C)c(C(=O)O)n2c1. The van der Waals surface area contributed by atoms with E-state index in [1.54, 1.807) is 11.3 Å². The van der Waals surface area contributed by atoms with Gasteiger partial charge in [-0.2, -0.15) is 0 Å². The maximum absolute atomic E-state index is 11.0. The molecule has 0 amide bonds. The number of fused-ring (bicyclic) bond motifs is 1. The van der Waals surface area contributed by atoms with E-state index in [1.165, 1.54) is 0 Å². The van der Waals surface area contributed by atoms with Gasteiger partial charge in [0.2, 0.25) is 0 Å². The average molecular weight is 204 g/mol. The number of nitrogens with zero attached hydrogens (tertiary/aromatic N) is 2. The quantitative estimate of drug-likeness (QED) is 0.812. The molecule has 2 aromatic heterocycles. The number of aromatic carboxylic acids is 1. The van der Waals surface area contributed by atoms with Crippen molar-refractivity contribution in [3.8, 4) is 0 Å². The minimum atomic E-state index is -0.937. The molecule has 2 heterocycles. The molecular formula is C11H12N2O2. The Hall–Kier alpha value is -1.84. The maximum Gasteiger partial charge on any atom is 0.354 e. The predicted molar refractivity (Wildman–Crippen MR) is 56.3 cm³/mol. The third-order valence-electron chi connectivity index (χ3n) is 2.46. The second kappa shape index (κ2) is 3.38. The largest absolute Gasteiger partial charge is 0.477 e. The van der Waals surface area contributed by atoms with Crippen molar-refractivity contribution < 1.29 is 9.90 Å². The van der Waals surface area contributed by atoms with Crippen LogP contribution >= 0.6 is 0 Å². The molecule has 4 heteroatoms. The zero-order chi connectivity index (χ0) is 11.0. The zero-order valence-electron chi connectivity index (χ0n) is 8.69. The molecule has 2 aromatic rings. The number of hydrogen-bond acceptors (Lipinski definition) is 2. The summed E-state index contributed by atoms with van der Waals surface area (Å²) >= 11 is 0. The van der Waals surface area contributed by atoms with Crippen molar-refractivity contribution in [1.29, 1.82) is 0 Å². The Morgan fingerprint density at radius 1 is 1.53 bits per heavy atom. The average Bonchev–Trinajstić information content (AvgIpc) is 2.52. The van der Waals surface area contributed by atoms with E-state index in [0.717, 1.165) is 12.0 Å². The van der Waals surface area contributed by atoms with E-state index in [9.17, 15) is 4.79 Å². The summed E-state index contributed by atoms with van der Waals surface area (Å²) in [5, 5.41) is 9.06. The van der Waals surface area contributed by atoms with Gasteiger partial charge in [-0.1, -0.05) is 13.0 Å². The monoisotopic (exact) mass is 204 g/mol. The molecule has 0 radical (unpaired) electrons. The normalized spacial score (nSPS) is 10.8. The van der Waals surface area contributed by atoms with Crippen molar-refractivity contribution >= 4 is 11.6 Å². The maximum atomic E-state index is 11.0. The van der Waals surface area contributed by atoms with Crippen LogP contribution < -0.4 is 0 Å². The number of aryl methyl sites for hydroxylation is 2. The number of carboxylic acid groups (broad SMARTS) is 1. The van der Waals surface area contributed by atoms with Crippen molar-refractivity contribution in [1.82, 2.24) is 9.38 Å². The molecule has 0 saturated heterocycles. The van der Waals surface area contributed by atoms with Crippen LogP contribution in [0.4, 0.5) is 0 Å². The molecule has 0 aromatic carbocycles. The molecule has 1 N–H and O–H groups in total. The summed E-state index contributed by atoms with van der Waals surface area (Å²) in [7, 11) is 0. The fourth-order valence-electron chi connectivity index (χ4n) is 1.67. The Kier molecular flexibility index (Phi) is 2.19. The van der Waals surface area contributed by atoms with E-state index >= 15 is 0 Å². The smallest absolute Gasteiger partial charge is 0.354 e. The van der Waals surface area contributed by atoms with Gasteiger partial charge in [-0.25, -0.2) is 9.78 Å². The third kappa shape index (κ3) is 1.48. The van der Waals surface area contributed by atoms with E-state index < -0.39 is 5.97 Å². The fraction of sp³-hybridized carbons (Fsp3) is 0.273. The summed E-state index contributed by atoms with van der Waals surface area (Å²) in [6.07, 6.45) is 2.71. The highest BCUT2D eigenvalue weighted by molar-refractivity contribution is 5.88. The number of aromatic nitrogens is 2. The molecule has 0 bridgehead atoms. The highest BCUT2D eigenvalue weighted by Gasteiger charge is 2.14. The molecule has 0 atom stereocenters. The fourth-order valence-corrected chi connectivity index (χ4v) is 1.67. The lowest BCUT2D eigenvalue weighted by molar-refractivity contribution is 0.0688. The van der Waals surface area contributed by atoms with Crippen LogP contribution in [0.15, 0.2) is 18.3 Å². The van der Waals surface area contributed by atoms with Gasteiger partial charge < -0.3 is 5.11 Å². The highest BCUT2D eigenvalue weighted by atomic mass is 16.4. The lowest BCUT2D eigenvalue weighted by Crippen LogP contribution is -2.03. The number of hydrogen-bond donors (Lipinski definition) is 1. The molecule has 0 aliphatic heterocycles. The predicted octanol–water partition coefficient (Wildman–Crippen LogP) is 1.90. The second-order valence-electron chi connectivity index (χ2n) is 3.47. The molecule has 0 saturated carbocycles. The first kappa shape index (κ1) is 9.71. The van der Waals surface area contributed by atoms with Crippen LogP contribution in [-0.2, 0) is 6.42 Å². The molecule has 0 aliphatic carbocycles.